The quantitative estimate of drug-likeness (QED) is 0.741. The number of aryl methyl sites for hydroxylation is 1. The molecule has 1 saturated heterocycles. The molecule has 0 saturated carbocycles. The summed E-state index contributed by atoms with van der Waals surface area (Å²) in [5, 5.41) is 8.82. The van der Waals surface area contributed by atoms with E-state index in [0.717, 1.165) is 11.4 Å². The molecule has 27 heavy (non-hydrogen) atoms. The number of aliphatic hydroxyl groups excluding tert-OH is 1. The van der Waals surface area contributed by atoms with E-state index >= 15 is 0 Å². The SMILES string of the molecule is CN(Cc1ccc(C#CCO)s1)[C@H]1CCCN(CCCc2ccccc2)C1. The highest BCUT2D eigenvalue weighted by atomic mass is 32.1. The van der Waals surface area contributed by atoms with Crippen molar-refractivity contribution < 1.29 is 5.11 Å². The van der Waals surface area contributed by atoms with E-state index in [9.17, 15) is 0 Å². The predicted octanol–water partition coefficient (Wildman–Crippen LogP) is 3.62. The van der Waals surface area contributed by atoms with Crippen LogP contribution in [0, 0.1) is 11.8 Å². The van der Waals surface area contributed by atoms with Gasteiger partial charge in [-0.25, -0.2) is 0 Å². The molecule has 0 amide bonds. The van der Waals surface area contributed by atoms with Gasteiger partial charge in [0.25, 0.3) is 0 Å². The van der Waals surface area contributed by atoms with Crippen molar-refractivity contribution >= 4 is 11.3 Å². The summed E-state index contributed by atoms with van der Waals surface area (Å²) < 4.78 is 0. The maximum absolute atomic E-state index is 8.82. The van der Waals surface area contributed by atoms with Gasteiger partial charge in [0.2, 0.25) is 0 Å². The largest absolute Gasteiger partial charge is 0.384 e. The first-order valence-electron chi connectivity index (χ1n) is 9.89. The molecule has 1 aromatic carbocycles. The zero-order valence-corrected chi connectivity index (χ0v) is 17.0. The summed E-state index contributed by atoms with van der Waals surface area (Å²) in [5.74, 6) is 5.73. The van der Waals surface area contributed by atoms with E-state index in [1.807, 2.05) is 0 Å². The van der Waals surface area contributed by atoms with Gasteiger partial charge in [0.1, 0.15) is 6.61 Å². The number of likely N-dealkylation sites (tertiary alicyclic amines) is 1. The fourth-order valence-corrected chi connectivity index (χ4v) is 4.72. The lowest BCUT2D eigenvalue weighted by atomic mass is 10.0. The third-order valence-electron chi connectivity index (χ3n) is 5.24. The lowest BCUT2D eigenvalue weighted by Crippen LogP contribution is -2.46. The number of hydrogen-bond donors (Lipinski definition) is 1. The van der Waals surface area contributed by atoms with Gasteiger partial charge < -0.3 is 10.0 Å². The van der Waals surface area contributed by atoms with Crippen molar-refractivity contribution in [2.45, 2.75) is 38.3 Å². The molecule has 2 aromatic rings. The lowest BCUT2D eigenvalue weighted by molar-refractivity contribution is 0.112. The van der Waals surface area contributed by atoms with Gasteiger partial charge in [0.05, 0.1) is 4.88 Å². The number of nitrogens with zero attached hydrogens (tertiary/aromatic N) is 2. The van der Waals surface area contributed by atoms with E-state index in [-0.39, 0.29) is 6.61 Å². The van der Waals surface area contributed by atoms with Crippen LogP contribution in [0.5, 0.6) is 0 Å². The Balaban J connectivity index is 1.44. The zero-order valence-electron chi connectivity index (χ0n) is 16.2. The smallest absolute Gasteiger partial charge is 0.104 e. The second-order valence-electron chi connectivity index (χ2n) is 7.33. The Bertz CT molecular complexity index is 746. The number of likely N-dealkylation sites (N-methyl/N-ethyl adjacent to an activating group) is 1. The van der Waals surface area contributed by atoms with E-state index in [4.69, 9.17) is 5.11 Å². The Labute approximate surface area is 167 Å². The summed E-state index contributed by atoms with van der Waals surface area (Å²) in [5.41, 5.74) is 1.45. The molecule has 1 aromatic heterocycles. The third-order valence-corrected chi connectivity index (χ3v) is 6.23. The van der Waals surface area contributed by atoms with Crippen molar-refractivity contribution in [2.75, 3.05) is 33.3 Å². The van der Waals surface area contributed by atoms with Gasteiger partial charge in [-0.05, 0) is 63.5 Å². The summed E-state index contributed by atoms with van der Waals surface area (Å²) in [6.07, 6.45) is 4.98. The van der Waals surface area contributed by atoms with Crippen molar-refractivity contribution in [3.05, 3.63) is 57.8 Å². The van der Waals surface area contributed by atoms with Crippen molar-refractivity contribution in [1.29, 1.82) is 0 Å². The maximum Gasteiger partial charge on any atom is 0.104 e. The van der Waals surface area contributed by atoms with E-state index < -0.39 is 0 Å². The number of rotatable bonds is 7. The van der Waals surface area contributed by atoms with Crippen LogP contribution in [0.3, 0.4) is 0 Å². The molecule has 1 atom stereocenters. The molecular weight excluding hydrogens is 352 g/mol. The molecule has 3 nitrogen and oxygen atoms in total. The molecule has 1 N–H and O–H groups in total. The van der Waals surface area contributed by atoms with E-state index in [1.165, 1.54) is 55.8 Å². The van der Waals surface area contributed by atoms with Crippen molar-refractivity contribution in [2.24, 2.45) is 0 Å². The Morgan fingerprint density at radius 1 is 1.22 bits per heavy atom. The topological polar surface area (TPSA) is 26.7 Å². The lowest BCUT2D eigenvalue weighted by Gasteiger charge is -2.37. The Morgan fingerprint density at radius 3 is 2.89 bits per heavy atom. The average Bonchev–Trinajstić information content (AvgIpc) is 3.14. The number of aliphatic hydroxyl groups is 1. The van der Waals surface area contributed by atoms with Crippen LogP contribution in [0.4, 0.5) is 0 Å². The Hall–Kier alpha value is -1.64. The molecule has 0 unspecified atom stereocenters. The number of thiophene rings is 1. The average molecular weight is 383 g/mol. The first-order valence-corrected chi connectivity index (χ1v) is 10.7. The molecule has 1 aliphatic heterocycles. The fourth-order valence-electron chi connectivity index (χ4n) is 3.78. The van der Waals surface area contributed by atoms with Gasteiger partial charge in [0, 0.05) is 24.0 Å². The van der Waals surface area contributed by atoms with Crippen LogP contribution in [0.25, 0.3) is 0 Å². The molecule has 0 spiro atoms. The van der Waals surface area contributed by atoms with Gasteiger partial charge in [0.15, 0.2) is 0 Å². The van der Waals surface area contributed by atoms with E-state index in [0.29, 0.717) is 6.04 Å². The van der Waals surface area contributed by atoms with Gasteiger partial charge in [-0.1, -0.05) is 42.2 Å². The second-order valence-corrected chi connectivity index (χ2v) is 8.50. The molecule has 4 heteroatoms. The highest BCUT2D eigenvalue weighted by molar-refractivity contribution is 7.12. The van der Waals surface area contributed by atoms with Gasteiger partial charge in [-0.3, -0.25) is 4.90 Å². The molecule has 3 rings (SSSR count). The van der Waals surface area contributed by atoms with Crippen LogP contribution in [0.15, 0.2) is 42.5 Å². The first kappa shape index (κ1) is 20.1. The third kappa shape index (κ3) is 6.48. The summed E-state index contributed by atoms with van der Waals surface area (Å²) >= 11 is 1.74. The van der Waals surface area contributed by atoms with Gasteiger partial charge in [-0.15, -0.1) is 11.3 Å². The maximum atomic E-state index is 8.82. The molecule has 0 bridgehead atoms. The summed E-state index contributed by atoms with van der Waals surface area (Å²) in [6.45, 7) is 4.51. The number of piperidine rings is 1. The van der Waals surface area contributed by atoms with Crippen molar-refractivity contribution in [1.82, 2.24) is 9.80 Å². The standard InChI is InChI=1S/C23H30N2OS/c1-24(19-23-14-13-22(27-23)12-7-17-26)21-11-6-16-25(18-21)15-5-10-20-8-3-2-4-9-20/h2-4,8-9,13-14,21,26H,5-6,10-11,15-19H2,1H3/t21-/m0/s1. The Morgan fingerprint density at radius 2 is 2.07 bits per heavy atom. The van der Waals surface area contributed by atoms with Crippen LogP contribution in [-0.4, -0.2) is 54.2 Å². The van der Waals surface area contributed by atoms with Gasteiger partial charge in [-0.2, -0.15) is 0 Å². The van der Waals surface area contributed by atoms with Crippen molar-refractivity contribution in [3.63, 3.8) is 0 Å². The van der Waals surface area contributed by atoms with Crippen LogP contribution >= 0.6 is 11.3 Å². The summed E-state index contributed by atoms with van der Waals surface area (Å²) in [6, 6.07) is 15.7. The first-order chi connectivity index (χ1) is 13.2. The minimum Gasteiger partial charge on any atom is -0.384 e. The molecule has 144 valence electrons. The minimum absolute atomic E-state index is 0.0741. The molecule has 0 aliphatic carbocycles. The Kier molecular flexibility index (Phi) is 7.92. The highest BCUT2D eigenvalue weighted by Gasteiger charge is 2.23. The molecule has 1 aliphatic rings. The predicted molar refractivity (Wildman–Crippen MR) is 114 cm³/mol. The van der Waals surface area contributed by atoms with E-state index in [2.05, 4.69) is 71.2 Å². The molecule has 1 fully saturated rings. The molecule has 0 radical (unpaired) electrons. The zero-order chi connectivity index (χ0) is 18.9. The highest BCUT2D eigenvalue weighted by Crippen LogP contribution is 2.21. The molecule has 2 heterocycles. The minimum atomic E-state index is -0.0741. The van der Waals surface area contributed by atoms with Crippen LogP contribution in [-0.2, 0) is 13.0 Å². The fraction of sp³-hybridized carbons (Fsp3) is 0.478. The number of benzene rings is 1. The molecular formula is C23H30N2OS. The summed E-state index contributed by atoms with van der Waals surface area (Å²) in [4.78, 5) is 7.53. The van der Waals surface area contributed by atoms with E-state index in [1.54, 1.807) is 11.3 Å². The van der Waals surface area contributed by atoms with Crippen molar-refractivity contribution in [3.8, 4) is 11.8 Å². The monoisotopic (exact) mass is 382 g/mol. The normalized spacial score (nSPS) is 17.7. The number of hydrogen-bond acceptors (Lipinski definition) is 4. The van der Waals surface area contributed by atoms with Crippen LogP contribution in [0.1, 0.15) is 34.6 Å². The van der Waals surface area contributed by atoms with Gasteiger partial charge >= 0.3 is 0 Å². The second kappa shape index (κ2) is 10.6. The summed E-state index contributed by atoms with van der Waals surface area (Å²) in [7, 11) is 2.25. The van der Waals surface area contributed by atoms with Crippen LogP contribution < -0.4 is 0 Å². The van der Waals surface area contributed by atoms with Crippen LogP contribution in [0.2, 0.25) is 0 Å².